The van der Waals surface area contributed by atoms with Gasteiger partial charge in [0.1, 0.15) is 18.2 Å². The number of rotatable bonds is 4. The van der Waals surface area contributed by atoms with Gasteiger partial charge in [0.2, 0.25) is 0 Å². The van der Waals surface area contributed by atoms with Crippen molar-refractivity contribution in [2.24, 2.45) is 0 Å². The van der Waals surface area contributed by atoms with Crippen LogP contribution in [0.2, 0.25) is 0 Å². The molecule has 0 radical (unpaired) electrons. The molecule has 0 N–H and O–H groups in total. The lowest BCUT2D eigenvalue weighted by atomic mass is 10.2. The van der Waals surface area contributed by atoms with Gasteiger partial charge in [0.05, 0.1) is 0 Å². The van der Waals surface area contributed by atoms with Crippen LogP contribution in [-0.4, -0.2) is 0 Å². The molecule has 0 heterocycles. The fraction of sp³-hybridized carbons (Fsp3) is 0.200. The van der Waals surface area contributed by atoms with Crippen molar-refractivity contribution in [3.63, 3.8) is 0 Å². The summed E-state index contributed by atoms with van der Waals surface area (Å²) in [5.74, 6) is 0.509. The van der Waals surface area contributed by atoms with E-state index >= 15 is 0 Å². The van der Waals surface area contributed by atoms with E-state index in [4.69, 9.17) is 4.74 Å². The highest BCUT2D eigenvalue weighted by atomic mass is 79.9. The van der Waals surface area contributed by atoms with Gasteiger partial charge in [-0.15, -0.1) is 0 Å². The van der Waals surface area contributed by atoms with Crippen molar-refractivity contribution >= 4 is 15.9 Å². The minimum Gasteiger partial charge on any atom is -0.489 e. The molecule has 0 bridgehead atoms. The molecule has 0 saturated heterocycles. The van der Waals surface area contributed by atoms with Crippen LogP contribution in [0.15, 0.2) is 46.9 Å². The van der Waals surface area contributed by atoms with E-state index in [0.29, 0.717) is 5.56 Å². The first-order valence-corrected chi connectivity index (χ1v) is 6.64. The third-order valence-electron chi connectivity index (χ3n) is 2.73. The normalized spacial score (nSPS) is 10.4. The molecule has 2 aromatic carbocycles. The molecule has 0 amide bonds. The van der Waals surface area contributed by atoms with Crippen LogP contribution < -0.4 is 4.74 Å². The van der Waals surface area contributed by atoms with E-state index in [9.17, 15) is 4.39 Å². The summed E-state index contributed by atoms with van der Waals surface area (Å²) < 4.78 is 19.9. The molecule has 1 nitrogen and oxygen atoms in total. The molecule has 0 aliphatic rings. The van der Waals surface area contributed by atoms with Gasteiger partial charge in [-0.3, -0.25) is 0 Å². The summed E-state index contributed by atoms with van der Waals surface area (Å²) in [6, 6.07) is 12.7. The van der Waals surface area contributed by atoms with Crippen LogP contribution in [0.4, 0.5) is 4.39 Å². The van der Waals surface area contributed by atoms with Gasteiger partial charge in [0, 0.05) is 10.0 Å². The van der Waals surface area contributed by atoms with Gasteiger partial charge in [0.25, 0.3) is 0 Å². The molecule has 18 heavy (non-hydrogen) atoms. The first-order valence-electron chi connectivity index (χ1n) is 5.84. The van der Waals surface area contributed by atoms with Crippen LogP contribution in [0.5, 0.6) is 5.75 Å². The van der Waals surface area contributed by atoms with Gasteiger partial charge in [-0.05, 0) is 42.3 Å². The summed E-state index contributed by atoms with van der Waals surface area (Å²) in [6.07, 6.45) is 1.00. The molecule has 0 aliphatic carbocycles. The van der Waals surface area contributed by atoms with E-state index in [1.807, 2.05) is 24.3 Å². The third kappa shape index (κ3) is 3.33. The minimum atomic E-state index is -0.247. The minimum absolute atomic E-state index is 0.233. The van der Waals surface area contributed by atoms with E-state index < -0.39 is 0 Å². The van der Waals surface area contributed by atoms with Crippen molar-refractivity contribution in [1.29, 1.82) is 0 Å². The zero-order valence-corrected chi connectivity index (χ0v) is 11.7. The fourth-order valence-electron chi connectivity index (χ4n) is 1.64. The van der Waals surface area contributed by atoms with Gasteiger partial charge in [0.15, 0.2) is 0 Å². The molecule has 0 atom stereocenters. The number of ether oxygens (including phenoxy) is 1. The highest BCUT2D eigenvalue weighted by Crippen LogP contribution is 2.19. The SMILES string of the molecule is CCc1ccc(OCc2cc(Br)ccc2F)cc1. The summed E-state index contributed by atoms with van der Waals surface area (Å²) in [4.78, 5) is 0. The fourth-order valence-corrected chi connectivity index (χ4v) is 2.04. The van der Waals surface area contributed by atoms with E-state index in [0.717, 1.165) is 16.6 Å². The molecule has 0 unspecified atom stereocenters. The van der Waals surface area contributed by atoms with E-state index in [2.05, 4.69) is 22.9 Å². The molecule has 0 aromatic heterocycles. The van der Waals surface area contributed by atoms with Crippen molar-refractivity contribution in [1.82, 2.24) is 0 Å². The van der Waals surface area contributed by atoms with Crippen LogP contribution in [0.25, 0.3) is 0 Å². The van der Waals surface area contributed by atoms with Crippen molar-refractivity contribution in [3.8, 4) is 5.75 Å². The molecule has 0 fully saturated rings. The predicted molar refractivity (Wildman–Crippen MR) is 74.3 cm³/mol. The monoisotopic (exact) mass is 308 g/mol. The van der Waals surface area contributed by atoms with Gasteiger partial charge >= 0.3 is 0 Å². The number of aryl methyl sites for hydroxylation is 1. The molecule has 2 rings (SSSR count). The predicted octanol–water partition coefficient (Wildman–Crippen LogP) is 4.73. The molecule has 2 aromatic rings. The molecular weight excluding hydrogens is 295 g/mol. The van der Waals surface area contributed by atoms with E-state index in [1.165, 1.54) is 11.6 Å². The Bertz CT molecular complexity index is 523. The van der Waals surface area contributed by atoms with Crippen molar-refractivity contribution in [2.75, 3.05) is 0 Å². The number of benzene rings is 2. The number of hydrogen-bond donors (Lipinski definition) is 0. The Balaban J connectivity index is 2.04. The van der Waals surface area contributed by atoms with Crippen molar-refractivity contribution in [3.05, 3.63) is 63.9 Å². The molecular formula is C15H14BrFO. The lowest BCUT2D eigenvalue weighted by Gasteiger charge is -2.08. The molecule has 0 spiro atoms. The Kier molecular flexibility index (Phi) is 4.37. The van der Waals surface area contributed by atoms with Gasteiger partial charge in [-0.25, -0.2) is 4.39 Å². The Labute approximate surface area is 115 Å². The lowest BCUT2D eigenvalue weighted by molar-refractivity contribution is 0.299. The van der Waals surface area contributed by atoms with Gasteiger partial charge in [-0.1, -0.05) is 35.0 Å². The van der Waals surface area contributed by atoms with E-state index in [1.54, 1.807) is 12.1 Å². The third-order valence-corrected chi connectivity index (χ3v) is 3.23. The zero-order valence-electron chi connectivity index (χ0n) is 10.1. The van der Waals surface area contributed by atoms with Crippen LogP contribution in [0, 0.1) is 5.82 Å². The molecule has 3 heteroatoms. The lowest BCUT2D eigenvalue weighted by Crippen LogP contribution is -1.98. The molecule has 94 valence electrons. The largest absolute Gasteiger partial charge is 0.489 e. The van der Waals surface area contributed by atoms with Gasteiger partial charge < -0.3 is 4.74 Å². The second-order valence-corrected chi connectivity index (χ2v) is 4.94. The molecule has 0 saturated carbocycles. The average molecular weight is 309 g/mol. The number of halogens is 2. The quantitative estimate of drug-likeness (QED) is 0.793. The summed E-state index contributed by atoms with van der Waals surface area (Å²) in [5.41, 5.74) is 1.81. The maximum Gasteiger partial charge on any atom is 0.129 e. The first-order chi connectivity index (χ1) is 8.69. The summed E-state index contributed by atoms with van der Waals surface area (Å²) in [6.45, 7) is 2.34. The summed E-state index contributed by atoms with van der Waals surface area (Å²) in [5, 5.41) is 0. The maximum absolute atomic E-state index is 13.5. The van der Waals surface area contributed by atoms with Crippen molar-refractivity contribution in [2.45, 2.75) is 20.0 Å². The Hall–Kier alpha value is -1.35. The van der Waals surface area contributed by atoms with Gasteiger partial charge in [-0.2, -0.15) is 0 Å². The average Bonchev–Trinajstić information content (AvgIpc) is 2.40. The van der Waals surface area contributed by atoms with Crippen LogP contribution in [0.3, 0.4) is 0 Å². The van der Waals surface area contributed by atoms with Crippen LogP contribution in [0.1, 0.15) is 18.1 Å². The van der Waals surface area contributed by atoms with Crippen molar-refractivity contribution < 1.29 is 9.13 Å². The standard InChI is InChI=1S/C15H14BrFO/c1-2-11-3-6-14(7-4-11)18-10-12-9-13(16)5-8-15(12)17/h3-9H,2,10H2,1H3. The van der Waals surface area contributed by atoms with Crippen LogP contribution in [-0.2, 0) is 13.0 Å². The Morgan fingerprint density at radius 3 is 2.50 bits per heavy atom. The molecule has 0 aliphatic heterocycles. The summed E-state index contributed by atoms with van der Waals surface area (Å²) in [7, 11) is 0. The maximum atomic E-state index is 13.5. The Morgan fingerprint density at radius 1 is 1.11 bits per heavy atom. The number of hydrogen-bond acceptors (Lipinski definition) is 1. The topological polar surface area (TPSA) is 9.23 Å². The second kappa shape index (κ2) is 6.01. The summed E-state index contributed by atoms with van der Waals surface area (Å²) >= 11 is 3.32. The zero-order chi connectivity index (χ0) is 13.0. The first kappa shape index (κ1) is 13.1. The smallest absolute Gasteiger partial charge is 0.129 e. The van der Waals surface area contributed by atoms with E-state index in [-0.39, 0.29) is 12.4 Å². The Morgan fingerprint density at radius 2 is 1.83 bits per heavy atom. The highest BCUT2D eigenvalue weighted by molar-refractivity contribution is 9.10. The highest BCUT2D eigenvalue weighted by Gasteiger charge is 2.03. The second-order valence-electron chi connectivity index (χ2n) is 4.02. The van der Waals surface area contributed by atoms with Crippen LogP contribution >= 0.6 is 15.9 Å².